The van der Waals surface area contributed by atoms with Crippen LogP contribution in [0, 0.1) is 5.92 Å². The van der Waals surface area contributed by atoms with Gasteiger partial charge in [-0.2, -0.15) is 0 Å². The number of nitrogens with one attached hydrogen (secondary N) is 1. The Hall–Kier alpha value is -1.05. The third-order valence-electron chi connectivity index (χ3n) is 2.60. The number of hydrogen-bond acceptors (Lipinski definition) is 6. The number of carbonyl (C=O) groups excluding carboxylic acids is 1. The van der Waals surface area contributed by atoms with Gasteiger partial charge in [0.05, 0.1) is 5.56 Å². The van der Waals surface area contributed by atoms with E-state index in [1.165, 1.54) is 11.3 Å². The van der Waals surface area contributed by atoms with Gasteiger partial charge < -0.3 is 0 Å². The number of hydrogen-bond donors (Lipinski definition) is 1. The van der Waals surface area contributed by atoms with Gasteiger partial charge in [-0.05, 0) is 23.8 Å². The molecular weight excluding hydrogens is 334 g/mol. The van der Waals surface area contributed by atoms with Crippen LogP contribution in [0.25, 0.3) is 0 Å². The second-order valence-corrected chi connectivity index (χ2v) is 8.51. The smallest absolute Gasteiger partial charge is 0.258 e. The molecule has 0 atom stereocenters. The van der Waals surface area contributed by atoms with Crippen molar-refractivity contribution in [2.75, 3.05) is 16.8 Å². The van der Waals surface area contributed by atoms with Gasteiger partial charge in [-0.15, -0.1) is 22.0 Å². The number of thioether (sulfide) groups is 2. The first-order valence-corrected chi connectivity index (χ1v) is 9.88. The molecule has 0 aliphatic rings. The minimum atomic E-state index is -0.131. The van der Waals surface area contributed by atoms with Crippen LogP contribution in [0.15, 0.2) is 33.5 Å². The Balaban J connectivity index is 2.03. The zero-order valence-corrected chi connectivity index (χ0v) is 15.3. The highest BCUT2D eigenvalue weighted by atomic mass is 32.2. The van der Waals surface area contributed by atoms with Gasteiger partial charge in [-0.1, -0.05) is 56.0 Å². The van der Waals surface area contributed by atoms with Crippen molar-refractivity contribution in [1.82, 2.24) is 10.2 Å². The van der Waals surface area contributed by atoms with Gasteiger partial charge in [0.2, 0.25) is 5.13 Å². The minimum absolute atomic E-state index is 0.131. The molecule has 4 nitrogen and oxygen atoms in total. The molecule has 1 amide bonds. The molecule has 0 spiro atoms. The summed E-state index contributed by atoms with van der Waals surface area (Å²) in [5.41, 5.74) is 0.681. The standard InChI is InChI=1S/C15H19N3OS3/c1-4-20-12-8-6-5-7-11(12)13(19)16-14-17-18-15(22-14)21-9-10(2)3/h5-8,10H,4,9H2,1-3H3,(H,16,17,19). The maximum atomic E-state index is 12.4. The number of anilines is 1. The zero-order chi connectivity index (χ0) is 15.9. The van der Waals surface area contributed by atoms with E-state index in [1.54, 1.807) is 23.5 Å². The number of rotatable bonds is 7. The van der Waals surface area contributed by atoms with Crippen molar-refractivity contribution < 1.29 is 4.79 Å². The first kappa shape index (κ1) is 17.3. The van der Waals surface area contributed by atoms with E-state index in [2.05, 4.69) is 36.3 Å². The predicted octanol–water partition coefficient (Wildman–Crippen LogP) is 4.65. The molecule has 118 valence electrons. The molecule has 1 heterocycles. The van der Waals surface area contributed by atoms with Gasteiger partial charge in [-0.25, -0.2) is 0 Å². The van der Waals surface area contributed by atoms with Crippen LogP contribution in [0.4, 0.5) is 5.13 Å². The van der Waals surface area contributed by atoms with E-state index in [4.69, 9.17) is 0 Å². The van der Waals surface area contributed by atoms with Crippen molar-refractivity contribution >= 4 is 45.9 Å². The molecule has 0 fully saturated rings. The Bertz CT molecular complexity index is 628. The van der Waals surface area contributed by atoms with Crippen LogP contribution < -0.4 is 5.32 Å². The van der Waals surface area contributed by atoms with Crippen molar-refractivity contribution in [2.24, 2.45) is 5.92 Å². The summed E-state index contributed by atoms with van der Waals surface area (Å²) >= 11 is 4.75. The van der Waals surface area contributed by atoms with E-state index in [-0.39, 0.29) is 5.91 Å². The number of aromatic nitrogens is 2. The van der Waals surface area contributed by atoms with Crippen molar-refractivity contribution in [3.8, 4) is 0 Å². The Morgan fingerprint density at radius 2 is 2.05 bits per heavy atom. The summed E-state index contributed by atoms with van der Waals surface area (Å²) < 4.78 is 0.889. The maximum Gasteiger partial charge on any atom is 0.258 e. The summed E-state index contributed by atoms with van der Waals surface area (Å²) in [5, 5.41) is 11.5. The molecule has 0 aliphatic heterocycles. The quantitative estimate of drug-likeness (QED) is 0.580. The van der Waals surface area contributed by atoms with Crippen LogP contribution in [0.2, 0.25) is 0 Å². The lowest BCUT2D eigenvalue weighted by Crippen LogP contribution is -2.12. The SMILES string of the molecule is CCSc1ccccc1C(=O)Nc1nnc(SCC(C)C)s1. The van der Waals surface area contributed by atoms with E-state index in [0.29, 0.717) is 16.6 Å². The lowest BCUT2D eigenvalue weighted by atomic mass is 10.2. The summed E-state index contributed by atoms with van der Waals surface area (Å²) in [7, 11) is 0. The van der Waals surface area contributed by atoms with Crippen LogP contribution in [0.1, 0.15) is 31.1 Å². The average molecular weight is 354 g/mol. The maximum absolute atomic E-state index is 12.4. The van der Waals surface area contributed by atoms with Gasteiger partial charge in [0, 0.05) is 10.6 Å². The van der Waals surface area contributed by atoms with Gasteiger partial charge in [-0.3, -0.25) is 10.1 Å². The van der Waals surface area contributed by atoms with Gasteiger partial charge in [0.15, 0.2) is 4.34 Å². The Morgan fingerprint density at radius 1 is 1.27 bits per heavy atom. The highest BCUT2D eigenvalue weighted by molar-refractivity contribution is 8.01. The highest BCUT2D eigenvalue weighted by Crippen LogP contribution is 2.28. The fourth-order valence-corrected chi connectivity index (χ4v) is 4.18. The largest absolute Gasteiger partial charge is 0.296 e. The van der Waals surface area contributed by atoms with E-state index in [1.807, 2.05) is 24.3 Å². The first-order valence-electron chi connectivity index (χ1n) is 7.09. The summed E-state index contributed by atoms with van der Waals surface area (Å²) in [6.07, 6.45) is 0. The Morgan fingerprint density at radius 3 is 2.77 bits per heavy atom. The van der Waals surface area contributed by atoms with Crippen LogP contribution in [-0.2, 0) is 0 Å². The monoisotopic (exact) mass is 353 g/mol. The van der Waals surface area contributed by atoms with E-state index >= 15 is 0 Å². The summed E-state index contributed by atoms with van der Waals surface area (Å²) in [5.74, 6) is 2.40. The van der Waals surface area contributed by atoms with Crippen molar-refractivity contribution in [3.63, 3.8) is 0 Å². The van der Waals surface area contributed by atoms with Gasteiger partial charge in [0.1, 0.15) is 0 Å². The summed E-state index contributed by atoms with van der Waals surface area (Å²) in [6, 6.07) is 7.62. The minimum Gasteiger partial charge on any atom is -0.296 e. The van der Waals surface area contributed by atoms with Crippen molar-refractivity contribution in [1.29, 1.82) is 0 Å². The molecule has 7 heteroatoms. The lowest BCUT2D eigenvalue weighted by molar-refractivity contribution is 0.102. The van der Waals surface area contributed by atoms with Crippen molar-refractivity contribution in [3.05, 3.63) is 29.8 Å². The van der Waals surface area contributed by atoms with E-state index in [9.17, 15) is 4.79 Å². The van der Waals surface area contributed by atoms with E-state index < -0.39 is 0 Å². The second kappa shape index (κ2) is 8.55. The molecule has 0 bridgehead atoms. The number of amides is 1. The summed E-state index contributed by atoms with van der Waals surface area (Å²) in [4.78, 5) is 13.4. The molecule has 1 aromatic heterocycles. The Kier molecular flexibility index (Phi) is 6.72. The molecule has 0 saturated heterocycles. The van der Waals surface area contributed by atoms with Crippen LogP contribution in [0.5, 0.6) is 0 Å². The number of benzene rings is 1. The molecule has 1 aromatic carbocycles. The Labute approximate surface area is 143 Å². The normalized spacial score (nSPS) is 10.9. The molecule has 2 aromatic rings. The number of nitrogens with zero attached hydrogens (tertiary/aromatic N) is 2. The third-order valence-corrected chi connectivity index (χ3v) is 5.95. The van der Waals surface area contributed by atoms with Crippen LogP contribution >= 0.6 is 34.9 Å². The fourth-order valence-electron chi connectivity index (χ4n) is 1.66. The zero-order valence-electron chi connectivity index (χ0n) is 12.8. The third kappa shape index (κ3) is 5.00. The van der Waals surface area contributed by atoms with Gasteiger partial charge >= 0.3 is 0 Å². The van der Waals surface area contributed by atoms with E-state index in [0.717, 1.165) is 20.7 Å². The molecule has 0 aliphatic carbocycles. The number of carbonyl (C=O) groups is 1. The van der Waals surface area contributed by atoms with Crippen molar-refractivity contribution in [2.45, 2.75) is 30.0 Å². The van der Waals surface area contributed by atoms with Gasteiger partial charge in [0.25, 0.3) is 5.91 Å². The topological polar surface area (TPSA) is 54.9 Å². The molecule has 0 unspecified atom stereocenters. The van der Waals surface area contributed by atoms with Crippen LogP contribution in [0.3, 0.4) is 0 Å². The molecule has 22 heavy (non-hydrogen) atoms. The predicted molar refractivity (Wildman–Crippen MR) is 96.3 cm³/mol. The molecule has 1 N–H and O–H groups in total. The average Bonchev–Trinajstić information content (AvgIpc) is 2.93. The molecule has 0 radical (unpaired) electrons. The fraction of sp³-hybridized carbons (Fsp3) is 0.400. The van der Waals surface area contributed by atoms with Crippen LogP contribution in [-0.4, -0.2) is 27.6 Å². The molecule has 0 saturated carbocycles. The molecule has 2 rings (SSSR count). The second-order valence-electron chi connectivity index (χ2n) is 4.96. The summed E-state index contributed by atoms with van der Waals surface area (Å²) in [6.45, 7) is 6.40. The molecular formula is C15H19N3OS3. The lowest BCUT2D eigenvalue weighted by Gasteiger charge is -2.06. The first-order chi connectivity index (χ1) is 10.6. The highest BCUT2D eigenvalue weighted by Gasteiger charge is 2.14.